The number of halogens is 1. The van der Waals surface area contributed by atoms with Crippen LogP contribution in [0.1, 0.15) is 12.2 Å². The Balaban J connectivity index is 1.97. The molecular formula is C13H16ClN3S. The van der Waals surface area contributed by atoms with Gasteiger partial charge in [0.15, 0.2) is 5.65 Å². The molecule has 0 aromatic carbocycles. The lowest BCUT2D eigenvalue weighted by Crippen LogP contribution is -2.13. The molecular weight excluding hydrogens is 266 g/mol. The number of hydrogen-bond acceptors (Lipinski definition) is 3. The molecule has 1 aliphatic rings. The number of aromatic nitrogens is 3. The van der Waals surface area contributed by atoms with Gasteiger partial charge in [-0.15, -0.1) is 11.6 Å². The number of alkyl halides is 1. The standard InChI is InChI=1S/C13H16ClN3S/c14-5-3-12-16-11-2-1-6-15-13(11)17(12)8-10-4-7-18-9-10/h1-2,6,10H,3-5,7-9H2. The highest BCUT2D eigenvalue weighted by molar-refractivity contribution is 7.99. The number of thioether (sulfide) groups is 1. The molecule has 3 heterocycles. The van der Waals surface area contributed by atoms with Crippen molar-refractivity contribution in [1.82, 2.24) is 14.5 Å². The summed E-state index contributed by atoms with van der Waals surface area (Å²) in [7, 11) is 0. The Bertz CT molecular complexity index is 534. The van der Waals surface area contributed by atoms with Crippen molar-refractivity contribution in [3.05, 3.63) is 24.2 Å². The van der Waals surface area contributed by atoms with Gasteiger partial charge < -0.3 is 4.57 Å². The molecule has 0 bridgehead atoms. The summed E-state index contributed by atoms with van der Waals surface area (Å²) in [4.78, 5) is 9.13. The predicted molar refractivity (Wildman–Crippen MR) is 77.4 cm³/mol. The SMILES string of the molecule is ClCCc1nc2cccnc2n1CC1CCSC1. The number of hydrogen-bond donors (Lipinski definition) is 0. The number of imidazole rings is 1. The zero-order valence-electron chi connectivity index (χ0n) is 10.2. The predicted octanol–water partition coefficient (Wildman–Crippen LogP) is 2.97. The molecule has 1 saturated heterocycles. The van der Waals surface area contributed by atoms with Crippen LogP contribution >= 0.6 is 23.4 Å². The second-order valence-corrected chi connectivity index (χ2v) is 6.18. The lowest BCUT2D eigenvalue weighted by Gasteiger charge is -2.12. The van der Waals surface area contributed by atoms with Crippen LogP contribution in [0.3, 0.4) is 0 Å². The first-order valence-corrected chi connectivity index (χ1v) is 8.01. The molecule has 0 spiro atoms. The van der Waals surface area contributed by atoms with E-state index < -0.39 is 0 Å². The minimum atomic E-state index is 0.614. The Labute approximate surface area is 116 Å². The zero-order valence-corrected chi connectivity index (χ0v) is 11.8. The molecule has 1 unspecified atom stereocenters. The molecule has 0 saturated carbocycles. The monoisotopic (exact) mass is 281 g/mol. The molecule has 0 N–H and O–H groups in total. The van der Waals surface area contributed by atoms with E-state index in [9.17, 15) is 0 Å². The quantitative estimate of drug-likeness (QED) is 0.808. The zero-order chi connectivity index (χ0) is 12.4. The molecule has 1 atom stereocenters. The van der Waals surface area contributed by atoms with Crippen molar-refractivity contribution in [3.63, 3.8) is 0 Å². The van der Waals surface area contributed by atoms with Crippen molar-refractivity contribution in [1.29, 1.82) is 0 Å². The van der Waals surface area contributed by atoms with Gasteiger partial charge in [-0.2, -0.15) is 11.8 Å². The van der Waals surface area contributed by atoms with Crippen LogP contribution in [0.5, 0.6) is 0 Å². The summed E-state index contributed by atoms with van der Waals surface area (Å²) in [5.74, 6) is 4.99. The summed E-state index contributed by atoms with van der Waals surface area (Å²) in [6.07, 6.45) is 3.96. The molecule has 0 amide bonds. The molecule has 0 aliphatic carbocycles. The molecule has 1 fully saturated rings. The van der Waals surface area contributed by atoms with E-state index in [1.165, 1.54) is 17.9 Å². The number of nitrogens with zero attached hydrogens (tertiary/aromatic N) is 3. The van der Waals surface area contributed by atoms with Gasteiger partial charge in [-0.1, -0.05) is 0 Å². The molecule has 0 radical (unpaired) electrons. The lowest BCUT2D eigenvalue weighted by molar-refractivity contribution is 0.488. The molecule has 96 valence electrons. The van der Waals surface area contributed by atoms with Crippen LogP contribution in [-0.2, 0) is 13.0 Å². The molecule has 2 aromatic rings. The number of rotatable bonds is 4. The van der Waals surface area contributed by atoms with Gasteiger partial charge in [0.05, 0.1) is 0 Å². The Morgan fingerprint density at radius 2 is 2.44 bits per heavy atom. The summed E-state index contributed by atoms with van der Waals surface area (Å²) in [5, 5.41) is 0. The van der Waals surface area contributed by atoms with Gasteiger partial charge in [-0.3, -0.25) is 0 Å². The van der Waals surface area contributed by atoms with Gasteiger partial charge in [-0.25, -0.2) is 9.97 Å². The number of fused-ring (bicyclic) bond motifs is 1. The maximum atomic E-state index is 5.87. The molecule has 5 heteroatoms. The summed E-state index contributed by atoms with van der Waals surface area (Å²) in [6.45, 7) is 1.03. The highest BCUT2D eigenvalue weighted by Crippen LogP contribution is 2.26. The number of pyridine rings is 1. The molecule has 18 heavy (non-hydrogen) atoms. The second-order valence-electron chi connectivity index (χ2n) is 4.65. The molecule has 1 aliphatic heterocycles. The van der Waals surface area contributed by atoms with Crippen molar-refractivity contribution in [2.24, 2.45) is 5.92 Å². The van der Waals surface area contributed by atoms with E-state index >= 15 is 0 Å². The average molecular weight is 282 g/mol. The van der Waals surface area contributed by atoms with E-state index in [-0.39, 0.29) is 0 Å². The van der Waals surface area contributed by atoms with Crippen LogP contribution in [0.15, 0.2) is 18.3 Å². The average Bonchev–Trinajstić information content (AvgIpc) is 3.00. The minimum Gasteiger partial charge on any atom is -0.312 e. The summed E-state index contributed by atoms with van der Waals surface area (Å²) in [6, 6.07) is 3.97. The minimum absolute atomic E-state index is 0.614. The smallest absolute Gasteiger partial charge is 0.159 e. The van der Waals surface area contributed by atoms with Gasteiger partial charge in [0.1, 0.15) is 11.3 Å². The van der Waals surface area contributed by atoms with Crippen molar-refractivity contribution in [3.8, 4) is 0 Å². The molecule has 3 nitrogen and oxygen atoms in total. The van der Waals surface area contributed by atoms with E-state index in [2.05, 4.69) is 14.5 Å². The topological polar surface area (TPSA) is 30.7 Å². The largest absolute Gasteiger partial charge is 0.312 e. The van der Waals surface area contributed by atoms with Crippen LogP contribution in [-0.4, -0.2) is 31.9 Å². The summed E-state index contributed by atoms with van der Waals surface area (Å²) in [5.41, 5.74) is 2.00. The van der Waals surface area contributed by atoms with Gasteiger partial charge in [-0.05, 0) is 36.0 Å². The highest BCUT2D eigenvalue weighted by Gasteiger charge is 2.19. The fraction of sp³-hybridized carbons (Fsp3) is 0.538. The summed E-state index contributed by atoms with van der Waals surface area (Å²) < 4.78 is 2.27. The van der Waals surface area contributed by atoms with Gasteiger partial charge in [0, 0.05) is 25.0 Å². The van der Waals surface area contributed by atoms with Crippen LogP contribution in [0.25, 0.3) is 11.2 Å². The van der Waals surface area contributed by atoms with E-state index in [1.54, 1.807) is 0 Å². The van der Waals surface area contributed by atoms with Crippen LogP contribution < -0.4 is 0 Å². The second kappa shape index (κ2) is 5.49. The first kappa shape index (κ1) is 12.3. The third-order valence-electron chi connectivity index (χ3n) is 3.37. The van der Waals surface area contributed by atoms with Crippen LogP contribution in [0.2, 0.25) is 0 Å². The summed E-state index contributed by atoms with van der Waals surface area (Å²) >= 11 is 7.92. The van der Waals surface area contributed by atoms with Gasteiger partial charge >= 0.3 is 0 Å². The number of aryl methyl sites for hydroxylation is 1. The maximum Gasteiger partial charge on any atom is 0.159 e. The van der Waals surface area contributed by atoms with Crippen LogP contribution in [0.4, 0.5) is 0 Å². The van der Waals surface area contributed by atoms with E-state index in [1.807, 2.05) is 30.1 Å². The normalized spacial score (nSPS) is 19.7. The molecule has 2 aromatic heterocycles. The van der Waals surface area contributed by atoms with Crippen molar-refractivity contribution in [2.45, 2.75) is 19.4 Å². The maximum absolute atomic E-state index is 5.87. The molecule has 3 rings (SSSR count). The van der Waals surface area contributed by atoms with Gasteiger partial charge in [0.2, 0.25) is 0 Å². The van der Waals surface area contributed by atoms with Gasteiger partial charge in [0.25, 0.3) is 0 Å². The van der Waals surface area contributed by atoms with Crippen molar-refractivity contribution < 1.29 is 0 Å². The third kappa shape index (κ3) is 2.36. The van der Waals surface area contributed by atoms with E-state index in [0.717, 1.165) is 35.9 Å². The fourth-order valence-electron chi connectivity index (χ4n) is 2.46. The first-order chi connectivity index (χ1) is 8.88. The van der Waals surface area contributed by atoms with Crippen molar-refractivity contribution in [2.75, 3.05) is 17.4 Å². The lowest BCUT2D eigenvalue weighted by atomic mass is 10.1. The Hall–Kier alpha value is -0.740. The van der Waals surface area contributed by atoms with Crippen LogP contribution in [0, 0.1) is 5.92 Å². The Morgan fingerprint density at radius 1 is 1.50 bits per heavy atom. The Kier molecular flexibility index (Phi) is 3.75. The highest BCUT2D eigenvalue weighted by atomic mass is 35.5. The van der Waals surface area contributed by atoms with E-state index in [4.69, 9.17) is 11.6 Å². The fourth-order valence-corrected chi connectivity index (χ4v) is 3.90. The third-order valence-corrected chi connectivity index (χ3v) is 4.79. The Morgan fingerprint density at radius 3 is 3.22 bits per heavy atom. The van der Waals surface area contributed by atoms with Crippen molar-refractivity contribution >= 4 is 34.5 Å². The van der Waals surface area contributed by atoms with E-state index in [0.29, 0.717) is 5.88 Å². The first-order valence-electron chi connectivity index (χ1n) is 6.32.